The Morgan fingerprint density at radius 3 is 1.28 bits per heavy atom. The third-order valence-electron chi connectivity index (χ3n) is 11.1. The van der Waals surface area contributed by atoms with Crippen LogP contribution in [0.2, 0.25) is 0 Å². The number of allylic oxidation sites excluding steroid dienone is 4. The maximum absolute atomic E-state index is 12.6. The van der Waals surface area contributed by atoms with Crippen molar-refractivity contribution in [2.45, 2.75) is 257 Å². The lowest BCUT2D eigenvalue weighted by molar-refractivity contribution is -0.161. The van der Waals surface area contributed by atoms with Crippen LogP contribution in [0.15, 0.2) is 24.3 Å². The van der Waals surface area contributed by atoms with Crippen molar-refractivity contribution in [3.8, 4) is 0 Å². The van der Waals surface area contributed by atoms with Crippen molar-refractivity contribution in [1.29, 1.82) is 0 Å². The van der Waals surface area contributed by atoms with Gasteiger partial charge in [-0.15, -0.1) is 0 Å². The van der Waals surface area contributed by atoms with E-state index in [1.54, 1.807) is 0 Å². The SMILES string of the molecule is CCCCCCCCCCCCCCCC/C=C/CC/C=C/CCCC(=O)O[C@H](COC(=O)CCCCCCCCCCCCCCCCC)COP(=O)(O)OC[C@@H](O)CO. The molecule has 0 fully saturated rings. The maximum atomic E-state index is 12.6. The van der Waals surface area contributed by atoms with E-state index in [2.05, 4.69) is 38.2 Å². The van der Waals surface area contributed by atoms with Gasteiger partial charge in [0.05, 0.1) is 19.8 Å². The number of carbonyl (C=O) groups excluding carboxylic acids is 2. The molecule has 0 saturated heterocycles. The summed E-state index contributed by atoms with van der Waals surface area (Å²) in [5.41, 5.74) is 0. The van der Waals surface area contributed by atoms with E-state index >= 15 is 0 Å². The monoisotopic (exact) mass is 887 g/mol. The van der Waals surface area contributed by atoms with E-state index in [9.17, 15) is 24.2 Å². The molecule has 0 aromatic heterocycles. The van der Waals surface area contributed by atoms with Gasteiger partial charge in [0.25, 0.3) is 0 Å². The molecule has 0 aliphatic carbocycles. The summed E-state index contributed by atoms with van der Waals surface area (Å²) in [6, 6.07) is 0. The smallest absolute Gasteiger partial charge is 0.462 e. The number of carbonyl (C=O) groups is 2. The molecule has 0 saturated carbocycles. The third kappa shape index (κ3) is 46.3. The molecule has 0 aliphatic rings. The highest BCUT2D eigenvalue weighted by atomic mass is 31.2. The lowest BCUT2D eigenvalue weighted by Gasteiger charge is -2.20. The van der Waals surface area contributed by atoms with Crippen molar-refractivity contribution in [3.63, 3.8) is 0 Å². The average Bonchev–Trinajstić information content (AvgIpc) is 3.25. The highest BCUT2D eigenvalue weighted by Crippen LogP contribution is 2.43. The first-order valence-corrected chi connectivity index (χ1v) is 26.8. The molecule has 3 N–H and O–H groups in total. The zero-order valence-electron chi connectivity index (χ0n) is 39.4. The molecule has 61 heavy (non-hydrogen) atoms. The summed E-state index contributed by atoms with van der Waals surface area (Å²) in [6.07, 6.45) is 48.8. The van der Waals surface area contributed by atoms with Crippen LogP contribution in [0.5, 0.6) is 0 Å². The number of ether oxygens (including phenoxy) is 2. The normalized spacial score (nSPS) is 13.9. The number of rotatable bonds is 48. The molecule has 0 aromatic rings. The van der Waals surface area contributed by atoms with E-state index in [1.165, 1.54) is 161 Å². The van der Waals surface area contributed by atoms with Crippen LogP contribution in [0.3, 0.4) is 0 Å². The number of phosphoric acid groups is 1. The Kier molecular flexibility index (Phi) is 45.3. The second-order valence-corrected chi connectivity index (χ2v) is 18.6. The molecule has 0 amide bonds. The molecule has 0 rings (SSSR count). The minimum Gasteiger partial charge on any atom is -0.462 e. The maximum Gasteiger partial charge on any atom is 0.472 e. The zero-order chi connectivity index (χ0) is 44.8. The number of hydrogen-bond acceptors (Lipinski definition) is 9. The van der Waals surface area contributed by atoms with Crippen LogP contribution < -0.4 is 0 Å². The standard InChI is InChI=1S/C50H95O10P/c1-3-5-7-9-11-13-15-17-19-20-21-22-23-24-25-26-28-30-32-34-36-38-40-42-50(54)60-48(46-59-61(55,56)58-44-47(52)43-51)45-57-49(53)41-39-37-35-33-31-29-27-18-16-14-12-10-8-6-4-2/h26,28,34,36,47-48,51-52H,3-25,27,29-33,35,37-46H2,1-2H3,(H,55,56)/b28-26+,36-34+/t47-,48+/m0/s1. The molecule has 0 spiro atoms. The first-order valence-electron chi connectivity index (χ1n) is 25.3. The number of phosphoric ester groups is 1. The van der Waals surface area contributed by atoms with Gasteiger partial charge in [0, 0.05) is 12.8 Å². The lowest BCUT2D eigenvalue weighted by Crippen LogP contribution is -2.29. The second-order valence-electron chi connectivity index (χ2n) is 17.2. The fraction of sp³-hybridized carbons (Fsp3) is 0.880. The van der Waals surface area contributed by atoms with Crippen molar-refractivity contribution < 1.29 is 47.8 Å². The van der Waals surface area contributed by atoms with Gasteiger partial charge < -0.3 is 24.6 Å². The topological polar surface area (TPSA) is 149 Å². The predicted molar refractivity (Wildman–Crippen MR) is 252 cm³/mol. The minimum absolute atomic E-state index is 0.128. The zero-order valence-corrected chi connectivity index (χ0v) is 40.3. The molecule has 0 heterocycles. The molecule has 0 aliphatic heterocycles. The summed E-state index contributed by atoms with van der Waals surface area (Å²) in [7, 11) is -4.63. The van der Waals surface area contributed by atoms with Crippen molar-refractivity contribution in [3.05, 3.63) is 24.3 Å². The molecular weight excluding hydrogens is 792 g/mol. The molecule has 0 radical (unpaired) electrons. The molecule has 3 atom stereocenters. The predicted octanol–water partition coefficient (Wildman–Crippen LogP) is 14.1. The third-order valence-corrected chi connectivity index (χ3v) is 12.0. The summed E-state index contributed by atoms with van der Waals surface area (Å²) >= 11 is 0. The molecular formula is C50H95O10P. The number of esters is 2. The molecule has 0 bridgehead atoms. The lowest BCUT2D eigenvalue weighted by atomic mass is 10.0. The Bertz CT molecular complexity index is 1070. The first kappa shape index (κ1) is 59.5. The van der Waals surface area contributed by atoms with E-state index in [0.717, 1.165) is 38.5 Å². The molecule has 1 unspecified atom stereocenters. The van der Waals surface area contributed by atoms with Gasteiger partial charge in [-0.2, -0.15) is 0 Å². The van der Waals surface area contributed by atoms with Crippen LogP contribution in [0.4, 0.5) is 0 Å². The van der Waals surface area contributed by atoms with Crippen LogP contribution in [0.1, 0.15) is 245 Å². The summed E-state index contributed by atoms with van der Waals surface area (Å²) in [5.74, 6) is -0.962. The first-order chi connectivity index (χ1) is 29.7. The Morgan fingerprint density at radius 1 is 0.475 bits per heavy atom. The van der Waals surface area contributed by atoms with Gasteiger partial charge in [-0.1, -0.05) is 212 Å². The highest BCUT2D eigenvalue weighted by Gasteiger charge is 2.27. The molecule has 11 heteroatoms. The van der Waals surface area contributed by atoms with Gasteiger partial charge in [0.2, 0.25) is 0 Å². The quantitative estimate of drug-likeness (QED) is 0.0233. The van der Waals surface area contributed by atoms with E-state index in [1.807, 2.05) is 0 Å². The second kappa shape index (κ2) is 46.4. The summed E-state index contributed by atoms with van der Waals surface area (Å²) in [6.45, 7) is 2.39. The average molecular weight is 887 g/mol. The fourth-order valence-corrected chi connectivity index (χ4v) is 7.98. The Labute approximate surface area is 374 Å². The van der Waals surface area contributed by atoms with Crippen LogP contribution >= 0.6 is 7.82 Å². The van der Waals surface area contributed by atoms with E-state index in [0.29, 0.717) is 19.3 Å². The van der Waals surface area contributed by atoms with Gasteiger partial charge in [-0.25, -0.2) is 4.57 Å². The van der Waals surface area contributed by atoms with Gasteiger partial charge in [0.15, 0.2) is 6.10 Å². The van der Waals surface area contributed by atoms with Crippen LogP contribution in [0.25, 0.3) is 0 Å². The molecule has 0 aromatic carbocycles. The summed E-state index contributed by atoms with van der Waals surface area (Å²) < 4.78 is 32.8. The fourth-order valence-electron chi connectivity index (χ4n) is 7.19. The van der Waals surface area contributed by atoms with Crippen molar-refractivity contribution >= 4 is 19.8 Å². The van der Waals surface area contributed by atoms with Gasteiger partial charge in [0.1, 0.15) is 12.7 Å². The van der Waals surface area contributed by atoms with Gasteiger partial charge in [-0.05, 0) is 44.9 Å². The summed E-state index contributed by atoms with van der Waals surface area (Å²) in [4.78, 5) is 35.1. The summed E-state index contributed by atoms with van der Waals surface area (Å²) in [5, 5.41) is 18.4. The number of aliphatic hydroxyl groups is 2. The Morgan fingerprint density at radius 2 is 0.836 bits per heavy atom. The van der Waals surface area contributed by atoms with Crippen molar-refractivity contribution in [1.82, 2.24) is 0 Å². The number of hydrogen-bond donors (Lipinski definition) is 3. The Balaban J connectivity index is 4.21. The molecule has 360 valence electrons. The van der Waals surface area contributed by atoms with Crippen LogP contribution in [-0.2, 0) is 32.7 Å². The van der Waals surface area contributed by atoms with Crippen molar-refractivity contribution in [2.75, 3.05) is 26.4 Å². The number of aliphatic hydroxyl groups excluding tert-OH is 2. The van der Waals surface area contributed by atoms with E-state index in [-0.39, 0.29) is 19.4 Å². The van der Waals surface area contributed by atoms with E-state index in [4.69, 9.17) is 23.6 Å². The van der Waals surface area contributed by atoms with E-state index < -0.39 is 51.8 Å². The highest BCUT2D eigenvalue weighted by molar-refractivity contribution is 7.47. The minimum atomic E-state index is -4.63. The van der Waals surface area contributed by atoms with Crippen molar-refractivity contribution in [2.24, 2.45) is 0 Å². The van der Waals surface area contributed by atoms with Crippen LogP contribution in [0, 0.1) is 0 Å². The number of unbranched alkanes of at least 4 members (excludes halogenated alkanes) is 30. The molecule has 10 nitrogen and oxygen atoms in total. The van der Waals surface area contributed by atoms with Crippen LogP contribution in [-0.4, -0.2) is 65.7 Å². The van der Waals surface area contributed by atoms with Gasteiger partial charge in [-0.3, -0.25) is 18.6 Å². The van der Waals surface area contributed by atoms with Gasteiger partial charge >= 0.3 is 19.8 Å². The Hall–Kier alpha value is -1.55. The largest absolute Gasteiger partial charge is 0.472 e.